The summed E-state index contributed by atoms with van der Waals surface area (Å²) in [5, 5.41) is 14.7. The Balaban J connectivity index is 1.77. The average Bonchev–Trinajstić information content (AvgIpc) is 3.18. The van der Waals surface area contributed by atoms with Gasteiger partial charge >= 0.3 is 0 Å². The number of hydrogen-bond acceptors (Lipinski definition) is 4. The number of carbonyl (C=O) groups is 2. The third-order valence-corrected chi connectivity index (χ3v) is 3.86. The number of amides is 2. The molecule has 132 valence electrons. The lowest BCUT2D eigenvalue weighted by Gasteiger charge is -2.11. The van der Waals surface area contributed by atoms with Crippen molar-refractivity contribution in [2.45, 2.75) is 13.5 Å². The second kappa shape index (κ2) is 7.67. The molecule has 6 nitrogen and oxygen atoms in total. The van der Waals surface area contributed by atoms with Gasteiger partial charge in [-0.25, -0.2) is 0 Å². The van der Waals surface area contributed by atoms with Gasteiger partial charge in [0.1, 0.15) is 0 Å². The van der Waals surface area contributed by atoms with Crippen LogP contribution in [0.4, 0.5) is 11.4 Å². The summed E-state index contributed by atoms with van der Waals surface area (Å²) in [4.78, 5) is 24.6. The zero-order valence-corrected chi connectivity index (χ0v) is 14.2. The smallest absolute Gasteiger partial charge is 0.291 e. The molecule has 0 aliphatic rings. The second-order valence-electron chi connectivity index (χ2n) is 5.77. The monoisotopic (exact) mass is 350 g/mol. The zero-order chi connectivity index (χ0) is 18.5. The standard InChI is InChI=1S/C20H18N2O4/c1-13-7-8-15(11-17(13)22-20(25)18-6-3-9-26-18)19(24)21-16-5-2-4-14(10-16)12-23/h2-11,23H,12H2,1H3,(H,21,24)(H,22,25). The molecule has 0 unspecified atom stereocenters. The highest BCUT2D eigenvalue weighted by molar-refractivity contribution is 6.07. The fraction of sp³-hybridized carbons (Fsp3) is 0.100. The Kier molecular flexibility index (Phi) is 5.15. The molecule has 6 heteroatoms. The third-order valence-electron chi connectivity index (χ3n) is 3.86. The predicted octanol–water partition coefficient (Wildman–Crippen LogP) is 3.58. The van der Waals surface area contributed by atoms with Gasteiger partial charge in [0.05, 0.1) is 12.9 Å². The molecule has 3 N–H and O–H groups in total. The van der Waals surface area contributed by atoms with Crippen LogP contribution in [0.25, 0.3) is 0 Å². The van der Waals surface area contributed by atoms with Gasteiger partial charge in [0.25, 0.3) is 11.8 Å². The van der Waals surface area contributed by atoms with E-state index in [1.165, 1.54) is 6.26 Å². The number of furan rings is 1. The average molecular weight is 350 g/mol. The summed E-state index contributed by atoms with van der Waals surface area (Å²) >= 11 is 0. The van der Waals surface area contributed by atoms with Crippen LogP contribution in [0.2, 0.25) is 0 Å². The number of aryl methyl sites for hydroxylation is 1. The maximum atomic E-state index is 12.5. The minimum Gasteiger partial charge on any atom is -0.459 e. The molecule has 0 spiro atoms. The van der Waals surface area contributed by atoms with Crippen LogP contribution in [0, 0.1) is 6.92 Å². The number of aliphatic hydroxyl groups excluding tert-OH is 1. The highest BCUT2D eigenvalue weighted by Gasteiger charge is 2.13. The molecule has 2 amide bonds. The van der Waals surface area contributed by atoms with E-state index in [4.69, 9.17) is 4.42 Å². The van der Waals surface area contributed by atoms with Crippen LogP contribution in [0.3, 0.4) is 0 Å². The summed E-state index contributed by atoms with van der Waals surface area (Å²) in [5.74, 6) is -0.500. The summed E-state index contributed by atoms with van der Waals surface area (Å²) in [7, 11) is 0. The first-order valence-corrected chi connectivity index (χ1v) is 8.03. The summed E-state index contributed by atoms with van der Waals surface area (Å²) < 4.78 is 5.07. The van der Waals surface area contributed by atoms with Crippen LogP contribution < -0.4 is 10.6 Å². The number of hydrogen-bond donors (Lipinski definition) is 3. The lowest BCUT2D eigenvalue weighted by Crippen LogP contribution is -2.15. The molecule has 3 rings (SSSR count). The van der Waals surface area contributed by atoms with E-state index in [9.17, 15) is 14.7 Å². The third kappa shape index (κ3) is 3.99. The Morgan fingerprint density at radius 2 is 1.85 bits per heavy atom. The molecule has 0 aliphatic carbocycles. The topological polar surface area (TPSA) is 91.6 Å². The molecule has 26 heavy (non-hydrogen) atoms. The van der Waals surface area contributed by atoms with Crippen molar-refractivity contribution in [1.29, 1.82) is 0 Å². The van der Waals surface area contributed by atoms with Gasteiger partial charge in [0.2, 0.25) is 0 Å². The molecule has 0 bridgehead atoms. The Morgan fingerprint density at radius 3 is 2.58 bits per heavy atom. The highest BCUT2D eigenvalue weighted by Crippen LogP contribution is 2.20. The van der Waals surface area contributed by atoms with Gasteiger partial charge in [-0.2, -0.15) is 0 Å². The van der Waals surface area contributed by atoms with Crippen molar-refractivity contribution < 1.29 is 19.1 Å². The van der Waals surface area contributed by atoms with Crippen LogP contribution >= 0.6 is 0 Å². The predicted molar refractivity (Wildman–Crippen MR) is 98.2 cm³/mol. The van der Waals surface area contributed by atoms with Crippen LogP contribution in [0.15, 0.2) is 65.3 Å². The lowest BCUT2D eigenvalue weighted by molar-refractivity contribution is 0.0993. The SMILES string of the molecule is Cc1ccc(C(=O)Nc2cccc(CO)c2)cc1NC(=O)c1ccco1. The molecule has 0 fully saturated rings. The number of anilines is 2. The lowest BCUT2D eigenvalue weighted by atomic mass is 10.1. The van der Waals surface area contributed by atoms with Crippen molar-refractivity contribution in [2.24, 2.45) is 0 Å². The van der Waals surface area contributed by atoms with E-state index in [2.05, 4.69) is 10.6 Å². The molecular weight excluding hydrogens is 332 g/mol. The first-order chi connectivity index (χ1) is 12.6. The van der Waals surface area contributed by atoms with Gasteiger partial charge in [-0.05, 0) is 54.4 Å². The number of aliphatic hydroxyl groups is 1. The maximum Gasteiger partial charge on any atom is 0.291 e. The summed E-state index contributed by atoms with van der Waals surface area (Å²) in [5.41, 5.74) is 3.05. The quantitative estimate of drug-likeness (QED) is 0.656. The molecule has 0 aliphatic heterocycles. The largest absolute Gasteiger partial charge is 0.459 e. The van der Waals surface area contributed by atoms with Crippen molar-refractivity contribution in [2.75, 3.05) is 10.6 Å². The van der Waals surface area contributed by atoms with Crippen LogP contribution in [0.5, 0.6) is 0 Å². The molecule has 2 aromatic carbocycles. The normalized spacial score (nSPS) is 10.4. The Morgan fingerprint density at radius 1 is 1.00 bits per heavy atom. The first-order valence-electron chi connectivity index (χ1n) is 8.03. The maximum absolute atomic E-state index is 12.5. The van der Waals surface area contributed by atoms with E-state index >= 15 is 0 Å². The second-order valence-corrected chi connectivity index (χ2v) is 5.77. The van der Waals surface area contributed by atoms with Crippen molar-refractivity contribution in [1.82, 2.24) is 0 Å². The molecular formula is C20H18N2O4. The fourth-order valence-corrected chi connectivity index (χ4v) is 2.44. The summed E-state index contributed by atoms with van der Waals surface area (Å²) in [6.45, 7) is 1.74. The van der Waals surface area contributed by atoms with Gasteiger partial charge in [-0.3, -0.25) is 9.59 Å². The van der Waals surface area contributed by atoms with Gasteiger partial charge in [0.15, 0.2) is 5.76 Å². The van der Waals surface area contributed by atoms with E-state index in [0.717, 1.165) is 5.56 Å². The number of benzene rings is 2. The van der Waals surface area contributed by atoms with E-state index in [-0.39, 0.29) is 24.2 Å². The fourth-order valence-electron chi connectivity index (χ4n) is 2.44. The number of nitrogens with one attached hydrogen (secondary N) is 2. The Hall–Kier alpha value is -3.38. The molecule has 0 saturated heterocycles. The van der Waals surface area contributed by atoms with Crippen LogP contribution in [-0.4, -0.2) is 16.9 Å². The van der Waals surface area contributed by atoms with Crippen molar-refractivity contribution >= 4 is 23.2 Å². The summed E-state index contributed by atoms with van der Waals surface area (Å²) in [6.07, 6.45) is 1.42. The molecule has 1 heterocycles. The number of carbonyl (C=O) groups excluding carboxylic acids is 2. The molecule has 0 radical (unpaired) electrons. The van der Waals surface area contributed by atoms with Gasteiger partial charge in [0, 0.05) is 16.9 Å². The van der Waals surface area contributed by atoms with Crippen molar-refractivity contribution in [3.05, 3.63) is 83.3 Å². The molecule has 1 aromatic heterocycles. The molecule has 0 atom stereocenters. The molecule has 3 aromatic rings. The Bertz CT molecular complexity index is 933. The van der Waals surface area contributed by atoms with E-state index in [1.807, 2.05) is 6.92 Å². The van der Waals surface area contributed by atoms with Gasteiger partial charge in [-0.15, -0.1) is 0 Å². The summed E-state index contributed by atoms with van der Waals surface area (Å²) in [6, 6.07) is 15.2. The van der Waals surface area contributed by atoms with Crippen molar-refractivity contribution in [3.63, 3.8) is 0 Å². The van der Waals surface area contributed by atoms with Crippen LogP contribution in [-0.2, 0) is 6.61 Å². The van der Waals surface area contributed by atoms with Gasteiger partial charge in [-0.1, -0.05) is 18.2 Å². The minimum atomic E-state index is -0.383. The molecule has 0 saturated carbocycles. The Labute approximate surface area is 150 Å². The minimum absolute atomic E-state index is 0.1000. The first kappa shape index (κ1) is 17.4. The van der Waals surface area contributed by atoms with E-state index in [0.29, 0.717) is 22.5 Å². The van der Waals surface area contributed by atoms with Crippen LogP contribution in [0.1, 0.15) is 32.0 Å². The highest BCUT2D eigenvalue weighted by atomic mass is 16.3. The number of rotatable bonds is 5. The zero-order valence-electron chi connectivity index (χ0n) is 14.2. The van der Waals surface area contributed by atoms with E-state index < -0.39 is 0 Å². The van der Waals surface area contributed by atoms with Crippen molar-refractivity contribution in [3.8, 4) is 0 Å². The van der Waals surface area contributed by atoms with Gasteiger partial charge < -0.3 is 20.2 Å². The van der Waals surface area contributed by atoms with E-state index in [1.54, 1.807) is 54.6 Å².